The van der Waals surface area contributed by atoms with Gasteiger partial charge in [-0.1, -0.05) is 17.7 Å². The van der Waals surface area contributed by atoms with Gasteiger partial charge in [0, 0.05) is 5.56 Å². The summed E-state index contributed by atoms with van der Waals surface area (Å²) < 4.78 is 45.0. The van der Waals surface area contributed by atoms with Crippen LogP contribution in [0.2, 0.25) is 5.02 Å². The number of thiocarbonyl (C=S) groups is 1. The van der Waals surface area contributed by atoms with Gasteiger partial charge in [0.1, 0.15) is 17.1 Å². The molecule has 0 bridgehead atoms. The summed E-state index contributed by atoms with van der Waals surface area (Å²) in [5, 5.41) is 11.3. The molecule has 7 nitrogen and oxygen atoms in total. The van der Waals surface area contributed by atoms with Crippen molar-refractivity contribution in [3.8, 4) is 11.3 Å². The molecule has 4 rings (SSSR count). The molecule has 1 aliphatic rings. The van der Waals surface area contributed by atoms with E-state index in [1.165, 1.54) is 36.4 Å². The number of nitrogens with zero attached hydrogens (tertiary/aromatic N) is 1. The number of carbonyl (C=O) groups is 3. The van der Waals surface area contributed by atoms with E-state index in [1.807, 2.05) is 0 Å². The van der Waals surface area contributed by atoms with Gasteiger partial charge in [0.15, 0.2) is 5.11 Å². The Morgan fingerprint density at radius 3 is 2.54 bits per heavy atom. The monoisotopic (exact) mass is 520 g/mol. The summed E-state index contributed by atoms with van der Waals surface area (Å²) in [7, 11) is 0. The second kappa shape index (κ2) is 9.01. The number of nitrogens with one attached hydrogen (secondary N) is 1. The molecule has 0 spiro atoms. The SMILES string of the molecule is O=C1NC(=S)N(c2cccc(C(F)(F)F)c2)C(=O)/C1=C/c1ccc(-c2cc(C(=O)O)ccc2Cl)o1. The fourth-order valence-electron chi connectivity index (χ4n) is 3.28. The van der Waals surface area contributed by atoms with Crippen molar-refractivity contribution in [1.29, 1.82) is 0 Å². The summed E-state index contributed by atoms with van der Waals surface area (Å²) in [6.07, 6.45) is -3.55. The molecule has 0 radical (unpaired) electrons. The van der Waals surface area contributed by atoms with E-state index in [4.69, 9.17) is 28.2 Å². The van der Waals surface area contributed by atoms with Crippen molar-refractivity contribution < 1.29 is 37.1 Å². The van der Waals surface area contributed by atoms with E-state index in [0.717, 1.165) is 29.2 Å². The van der Waals surface area contributed by atoms with Crippen molar-refractivity contribution in [3.63, 3.8) is 0 Å². The summed E-state index contributed by atoms with van der Waals surface area (Å²) in [5.74, 6) is -2.80. The third kappa shape index (κ3) is 4.81. The quantitative estimate of drug-likeness (QED) is 0.280. The number of hydrogen-bond donors (Lipinski definition) is 2. The maximum atomic E-state index is 13.1. The molecule has 35 heavy (non-hydrogen) atoms. The maximum Gasteiger partial charge on any atom is 0.416 e. The summed E-state index contributed by atoms with van der Waals surface area (Å²) >= 11 is 11.2. The van der Waals surface area contributed by atoms with Crippen molar-refractivity contribution in [1.82, 2.24) is 5.32 Å². The summed E-state index contributed by atoms with van der Waals surface area (Å²) in [6, 6.07) is 10.8. The van der Waals surface area contributed by atoms with Crippen molar-refractivity contribution in [2.75, 3.05) is 4.90 Å². The number of furan rings is 1. The minimum absolute atomic E-state index is 0.0344. The van der Waals surface area contributed by atoms with E-state index in [0.29, 0.717) is 0 Å². The smallest absolute Gasteiger partial charge is 0.416 e. The number of halogens is 4. The van der Waals surface area contributed by atoms with Crippen LogP contribution in [0.3, 0.4) is 0 Å². The van der Waals surface area contributed by atoms with E-state index in [9.17, 15) is 32.7 Å². The molecule has 0 aliphatic carbocycles. The Kier molecular flexibility index (Phi) is 6.22. The van der Waals surface area contributed by atoms with Gasteiger partial charge < -0.3 is 9.52 Å². The molecular weight excluding hydrogens is 509 g/mol. The topological polar surface area (TPSA) is 99.9 Å². The lowest BCUT2D eigenvalue weighted by Crippen LogP contribution is -2.54. The molecule has 0 unspecified atom stereocenters. The van der Waals surface area contributed by atoms with E-state index >= 15 is 0 Å². The third-order valence-electron chi connectivity index (χ3n) is 4.93. The Balaban J connectivity index is 1.70. The lowest BCUT2D eigenvalue weighted by Gasteiger charge is -2.29. The Morgan fingerprint density at radius 1 is 1.11 bits per heavy atom. The number of amides is 2. The van der Waals surface area contributed by atoms with Gasteiger partial charge in [-0.25, -0.2) is 4.79 Å². The van der Waals surface area contributed by atoms with E-state index in [2.05, 4.69) is 5.32 Å². The number of benzene rings is 2. The van der Waals surface area contributed by atoms with Crippen LogP contribution in [0.15, 0.2) is 64.6 Å². The number of rotatable bonds is 4. The second-order valence-electron chi connectivity index (χ2n) is 7.21. The zero-order chi connectivity index (χ0) is 25.5. The highest BCUT2D eigenvalue weighted by Gasteiger charge is 2.37. The normalized spacial score (nSPS) is 15.5. The number of anilines is 1. The average Bonchev–Trinajstić information content (AvgIpc) is 3.25. The van der Waals surface area contributed by atoms with Crippen molar-refractivity contribution >= 4 is 58.5 Å². The summed E-state index contributed by atoms with van der Waals surface area (Å²) in [4.78, 5) is 37.5. The van der Waals surface area contributed by atoms with Crippen LogP contribution in [0.25, 0.3) is 17.4 Å². The van der Waals surface area contributed by atoms with Gasteiger partial charge in [-0.15, -0.1) is 0 Å². The largest absolute Gasteiger partial charge is 0.478 e. The Morgan fingerprint density at radius 2 is 1.86 bits per heavy atom. The van der Waals surface area contributed by atoms with E-state index < -0.39 is 35.1 Å². The van der Waals surface area contributed by atoms with Crippen LogP contribution in [0.5, 0.6) is 0 Å². The van der Waals surface area contributed by atoms with Crippen LogP contribution in [0.1, 0.15) is 21.7 Å². The molecule has 0 saturated carbocycles. The molecule has 1 aliphatic heterocycles. The molecular formula is C23H12ClF3N2O5S. The van der Waals surface area contributed by atoms with Crippen LogP contribution in [0.4, 0.5) is 18.9 Å². The first-order valence-electron chi connectivity index (χ1n) is 9.67. The molecule has 1 saturated heterocycles. The zero-order valence-corrected chi connectivity index (χ0v) is 18.8. The molecule has 3 aromatic rings. The molecule has 1 fully saturated rings. The Hall–Kier alpha value is -3.96. The lowest BCUT2D eigenvalue weighted by molar-refractivity contribution is -0.137. The first kappa shape index (κ1) is 24.2. The number of carboxylic acid groups (broad SMARTS) is 1. The predicted octanol–water partition coefficient (Wildman–Crippen LogP) is 5.15. The first-order chi connectivity index (χ1) is 16.5. The summed E-state index contributed by atoms with van der Waals surface area (Å²) in [5.41, 5.74) is -1.39. The van der Waals surface area contributed by atoms with Crippen LogP contribution in [-0.2, 0) is 15.8 Å². The Labute approximate surface area is 205 Å². The van der Waals surface area contributed by atoms with Gasteiger partial charge in [-0.05, 0) is 66.8 Å². The highest BCUT2D eigenvalue weighted by atomic mass is 35.5. The lowest BCUT2D eigenvalue weighted by atomic mass is 10.1. The second-order valence-corrected chi connectivity index (χ2v) is 8.00. The molecule has 0 atom stereocenters. The maximum absolute atomic E-state index is 13.1. The number of carboxylic acids is 1. The average molecular weight is 521 g/mol. The molecule has 2 heterocycles. The highest BCUT2D eigenvalue weighted by Crippen LogP contribution is 2.34. The number of carbonyl (C=O) groups excluding carboxylic acids is 2. The zero-order valence-electron chi connectivity index (χ0n) is 17.2. The number of aromatic carboxylic acids is 1. The summed E-state index contributed by atoms with van der Waals surface area (Å²) in [6.45, 7) is 0. The minimum atomic E-state index is -4.65. The number of hydrogen-bond acceptors (Lipinski definition) is 5. The number of alkyl halides is 3. The Bertz CT molecular complexity index is 1430. The molecule has 2 amide bonds. The fraction of sp³-hybridized carbons (Fsp3) is 0.0435. The fourth-order valence-corrected chi connectivity index (χ4v) is 3.77. The first-order valence-corrected chi connectivity index (χ1v) is 10.5. The van der Waals surface area contributed by atoms with E-state index in [1.54, 1.807) is 0 Å². The van der Waals surface area contributed by atoms with Gasteiger partial charge in [0.2, 0.25) is 0 Å². The third-order valence-corrected chi connectivity index (χ3v) is 5.54. The molecule has 178 valence electrons. The molecule has 1 aromatic heterocycles. The molecule has 2 aromatic carbocycles. The van der Waals surface area contributed by atoms with Crippen molar-refractivity contribution in [2.24, 2.45) is 0 Å². The van der Waals surface area contributed by atoms with Gasteiger partial charge in [0.05, 0.1) is 21.8 Å². The highest BCUT2D eigenvalue weighted by molar-refractivity contribution is 7.80. The van der Waals surface area contributed by atoms with Gasteiger partial charge in [-0.3, -0.25) is 19.8 Å². The van der Waals surface area contributed by atoms with Crippen LogP contribution < -0.4 is 10.2 Å². The predicted molar refractivity (Wildman–Crippen MR) is 124 cm³/mol. The van der Waals surface area contributed by atoms with Gasteiger partial charge in [0.25, 0.3) is 11.8 Å². The van der Waals surface area contributed by atoms with Crippen LogP contribution in [0, 0.1) is 0 Å². The van der Waals surface area contributed by atoms with Gasteiger partial charge in [-0.2, -0.15) is 13.2 Å². The van der Waals surface area contributed by atoms with Gasteiger partial charge >= 0.3 is 12.1 Å². The van der Waals surface area contributed by atoms with Crippen LogP contribution >= 0.6 is 23.8 Å². The van der Waals surface area contributed by atoms with Crippen molar-refractivity contribution in [2.45, 2.75) is 6.18 Å². The van der Waals surface area contributed by atoms with E-state index in [-0.39, 0.29) is 38.5 Å². The molecule has 12 heteroatoms. The standard InChI is InChI=1S/C23H12ClF3N2O5S/c24-17-6-4-11(21(32)33)8-15(17)18-7-5-14(34-18)10-16-19(30)28-22(35)29(20(16)31)13-3-1-2-12(9-13)23(25,26)27/h1-10H,(H,32,33)(H,28,30,35)/b16-10+. The van der Waals surface area contributed by atoms with Crippen LogP contribution in [-0.4, -0.2) is 28.0 Å². The van der Waals surface area contributed by atoms with Crippen molar-refractivity contribution in [3.05, 3.63) is 82.1 Å². The molecule has 2 N–H and O–H groups in total. The minimum Gasteiger partial charge on any atom is -0.478 e.